The minimum atomic E-state index is 0.709. The van der Waals surface area contributed by atoms with Crippen LogP contribution in [0.25, 0.3) is 66.1 Å². The fourth-order valence-electron chi connectivity index (χ4n) is 6.70. The smallest absolute Gasteiger partial charge is 0.0995 e. The molecular weight excluding hydrogens is 510 g/mol. The third-order valence-corrected chi connectivity index (χ3v) is 8.67. The number of benzene rings is 6. The van der Waals surface area contributed by atoms with E-state index >= 15 is 0 Å². The van der Waals surface area contributed by atoms with Crippen molar-refractivity contribution in [2.45, 2.75) is 13.8 Å². The monoisotopic (exact) mass is 537 g/mol. The highest BCUT2D eigenvalue weighted by molar-refractivity contribution is 6.12. The highest BCUT2D eigenvalue weighted by atomic mass is 15.0. The number of aromatic nitrogens is 2. The van der Waals surface area contributed by atoms with Gasteiger partial charge in [0.05, 0.1) is 39.4 Å². The third-order valence-electron chi connectivity index (χ3n) is 8.67. The second kappa shape index (κ2) is 9.23. The van der Waals surface area contributed by atoms with Crippen molar-refractivity contribution in [3.63, 3.8) is 0 Å². The Labute approximate surface area is 244 Å². The van der Waals surface area contributed by atoms with Crippen LogP contribution >= 0.6 is 0 Å². The number of fused-ring (bicyclic) bond motifs is 6. The lowest BCUT2D eigenvalue weighted by Gasteiger charge is -2.15. The molecule has 0 saturated carbocycles. The Kier molecular flexibility index (Phi) is 5.32. The lowest BCUT2D eigenvalue weighted by molar-refractivity contribution is 1.11. The van der Waals surface area contributed by atoms with E-state index in [0.29, 0.717) is 5.56 Å². The van der Waals surface area contributed by atoms with E-state index in [2.05, 4.69) is 150 Å². The zero-order valence-corrected chi connectivity index (χ0v) is 23.5. The SMILES string of the molecule is Cc1ccc(C#N)c(C)c1-n1c2ccccc2c2cc(-c3ccc4c5ccccc5n(-c5ccccc5)c4c3)ccc21. The molecule has 0 aliphatic carbocycles. The summed E-state index contributed by atoms with van der Waals surface area (Å²) in [5, 5.41) is 14.7. The number of aryl methyl sites for hydroxylation is 1. The van der Waals surface area contributed by atoms with Gasteiger partial charge in [0.15, 0.2) is 0 Å². The van der Waals surface area contributed by atoms with Crippen molar-refractivity contribution in [1.29, 1.82) is 5.26 Å². The Hall–Kier alpha value is -5.59. The van der Waals surface area contributed by atoms with Crippen molar-refractivity contribution in [2.24, 2.45) is 0 Å². The molecule has 0 atom stereocenters. The normalized spacial score (nSPS) is 11.5. The van der Waals surface area contributed by atoms with Crippen molar-refractivity contribution in [3.8, 4) is 28.6 Å². The van der Waals surface area contributed by atoms with Gasteiger partial charge in [-0.1, -0.05) is 78.9 Å². The van der Waals surface area contributed by atoms with Gasteiger partial charge in [0.1, 0.15) is 0 Å². The quantitative estimate of drug-likeness (QED) is 0.221. The van der Waals surface area contributed by atoms with E-state index in [1.807, 2.05) is 6.07 Å². The highest BCUT2D eigenvalue weighted by Gasteiger charge is 2.18. The Morgan fingerprint density at radius 2 is 1.10 bits per heavy atom. The summed E-state index contributed by atoms with van der Waals surface area (Å²) < 4.78 is 4.70. The maximum Gasteiger partial charge on any atom is 0.0995 e. The predicted molar refractivity (Wildman–Crippen MR) is 175 cm³/mol. The zero-order chi connectivity index (χ0) is 28.4. The summed E-state index contributed by atoms with van der Waals surface area (Å²) in [4.78, 5) is 0. The van der Waals surface area contributed by atoms with Gasteiger partial charge in [0.25, 0.3) is 0 Å². The molecule has 0 unspecified atom stereocenters. The lowest BCUT2D eigenvalue weighted by atomic mass is 10.0. The van der Waals surface area contributed by atoms with Crippen molar-refractivity contribution in [2.75, 3.05) is 0 Å². The van der Waals surface area contributed by atoms with E-state index in [1.54, 1.807) is 0 Å². The molecule has 8 rings (SSSR count). The summed E-state index contributed by atoms with van der Waals surface area (Å²) in [6, 6.07) is 47.8. The largest absolute Gasteiger partial charge is 0.309 e. The molecule has 0 aliphatic heterocycles. The van der Waals surface area contributed by atoms with Crippen LogP contribution in [-0.2, 0) is 0 Å². The molecule has 8 aromatic rings. The third kappa shape index (κ3) is 3.46. The molecule has 0 fully saturated rings. The molecule has 2 heterocycles. The minimum Gasteiger partial charge on any atom is -0.309 e. The first-order valence-corrected chi connectivity index (χ1v) is 14.3. The van der Waals surface area contributed by atoms with Crippen LogP contribution in [0.3, 0.4) is 0 Å². The maximum absolute atomic E-state index is 9.77. The molecule has 3 nitrogen and oxygen atoms in total. The van der Waals surface area contributed by atoms with Crippen molar-refractivity contribution in [3.05, 3.63) is 144 Å². The van der Waals surface area contributed by atoms with E-state index in [-0.39, 0.29) is 0 Å². The molecule has 0 radical (unpaired) electrons. The van der Waals surface area contributed by atoms with E-state index in [0.717, 1.165) is 33.5 Å². The Bertz CT molecular complexity index is 2380. The van der Waals surface area contributed by atoms with Crippen LogP contribution in [0.5, 0.6) is 0 Å². The first-order chi connectivity index (χ1) is 20.6. The number of nitrogens with zero attached hydrogens (tertiary/aromatic N) is 3. The molecule has 42 heavy (non-hydrogen) atoms. The van der Waals surface area contributed by atoms with Gasteiger partial charge in [-0.05, 0) is 84.6 Å². The number of rotatable bonds is 3. The van der Waals surface area contributed by atoms with Crippen LogP contribution < -0.4 is 0 Å². The Balaban J connectivity index is 1.39. The fraction of sp³-hybridized carbons (Fsp3) is 0.0513. The fourth-order valence-corrected chi connectivity index (χ4v) is 6.70. The maximum atomic E-state index is 9.77. The Morgan fingerprint density at radius 1 is 0.500 bits per heavy atom. The zero-order valence-electron chi connectivity index (χ0n) is 23.5. The standard InChI is InChI=1S/C39H27N3/c1-25-16-17-29(24-40)26(2)39(25)42-36-15-9-7-13-32(36)34-22-27(19-21-37(34)42)28-18-20-33-31-12-6-8-14-35(31)41(38(33)23-28)30-10-4-3-5-11-30/h3-23H,1-2H3. The van der Waals surface area contributed by atoms with Gasteiger partial charge in [-0.15, -0.1) is 0 Å². The molecule has 0 aliphatic rings. The van der Waals surface area contributed by atoms with Crippen molar-refractivity contribution >= 4 is 43.6 Å². The van der Waals surface area contributed by atoms with Crippen molar-refractivity contribution in [1.82, 2.24) is 9.13 Å². The second-order valence-electron chi connectivity index (χ2n) is 11.0. The first kappa shape index (κ1) is 24.2. The summed E-state index contributed by atoms with van der Waals surface area (Å²) in [5.74, 6) is 0. The topological polar surface area (TPSA) is 33.6 Å². The van der Waals surface area contributed by atoms with Crippen LogP contribution in [-0.4, -0.2) is 9.13 Å². The van der Waals surface area contributed by atoms with Gasteiger partial charge in [0, 0.05) is 27.2 Å². The molecule has 198 valence electrons. The molecule has 0 spiro atoms. The van der Waals surface area contributed by atoms with E-state index < -0.39 is 0 Å². The van der Waals surface area contributed by atoms with E-state index in [1.165, 1.54) is 43.7 Å². The van der Waals surface area contributed by atoms with E-state index in [9.17, 15) is 5.26 Å². The van der Waals surface area contributed by atoms with Gasteiger partial charge in [0.2, 0.25) is 0 Å². The number of hydrogen-bond acceptors (Lipinski definition) is 1. The van der Waals surface area contributed by atoms with E-state index in [4.69, 9.17) is 0 Å². The van der Waals surface area contributed by atoms with Crippen LogP contribution in [0.2, 0.25) is 0 Å². The predicted octanol–water partition coefficient (Wildman–Crippen LogP) is 10.0. The van der Waals surface area contributed by atoms with Gasteiger partial charge < -0.3 is 9.13 Å². The summed E-state index contributed by atoms with van der Waals surface area (Å²) >= 11 is 0. The number of hydrogen-bond donors (Lipinski definition) is 0. The second-order valence-corrected chi connectivity index (χ2v) is 11.0. The molecule has 6 aromatic carbocycles. The first-order valence-electron chi connectivity index (χ1n) is 14.3. The Morgan fingerprint density at radius 3 is 1.86 bits per heavy atom. The average molecular weight is 538 g/mol. The van der Waals surface area contributed by atoms with Crippen molar-refractivity contribution < 1.29 is 0 Å². The van der Waals surface area contributed by atoms with Crippen LogP contribution in [0.1, 0.15) is 16.7 Å². The molecule has 0 N–H and O–H groups in total. The summed E-state index contributed by atoms with van der Waals surface area (Å²) in [7, 11) is 0. The van der Waals surface area contributed by atoms with Gasteiger partial charge in [-0.2, -0.15) is 5.26 Å². The number of nitriles is 1. The minimum absolute atomic E-state index is 0.709. The van der Waals surface area contributed by atoms with Gasteiger partial charge in [-0.3, -0.25) is 0 Å². The van der Waals surface area contributed by atoms with Crippen LogP contribution in [0.4, 0.5) is 0 Å². The summed E-state index contributed by atoms with van der Waals surface area (Å²) in [6.45, 7) is 4.18. The van der Waals surface area contributed by atoms with Gasteiger partial charge >= 0.3 is 0 Å². The molecule has 2 aromatic heterocycles. The molecule has 3 heteroatoms. The highest BCUT2D eigenvalue weighted by Crippen LogP contribution is 2.39. The summed E-state index contributed by atoms with van der Waals surface area (Å²) in [5.41, 5.74) is 12.2. The molecule has 0 amide bonds. The van der Waals surface area contributed by atoms with Gasteiger partial charge in [-0.25, -0.2) is 0 Å². The lowest BCUT2D eigenvalue weighted by Crippen LogP contribution is -2.02. The average Bonchev–Trinajstić information content (AvgIpc) is 3.54. The molecule has 0 saturated heterocycles. The summed E-state index contributed by atoms with van der Waals surface area (Å²) in [6.07, 6.45) is 0. The number of para-hydroxylation sites is 3. The molecule has 0 bridgehead atoms. The van der Waals surface area contributed by atoms with Crippen LogP contribution in [0, 0.1) is 25.2 Å². The molecular formula is C39H27N3. The van der Waals surface area contributed by atoms with Crippen LogP contribution in [0.15, 0.2) is 127 Å².